The van der Waals surface area contributed by atoms with E-state index >= 15 is 0 Å². The Kier molecular flexibility index (Phi) is 2.40. The Balaban J connectivity index is 2.02. The number of hydrogen-bond acceptors (Lipinski definition) is 2. The predicted molar refractivity (Wildman–Crippen MR) is 52.5 cm³/mol. The molecule has 1 aliphatic heterocycles. The summed E-state index contributed by atoms with van der Waals surface area (Å²) in [5.74, 6) is 0.856. The monoisotopic (exact) mass is 179 g/mol. The summed E-state index contributed by atoms with van der Waals surface area (Å²) in [4.78, 5) is 2.52. The highest BCUT2D eigenvalue weighted by molar-refractivity contribution is 5.11. The van der Waals surface area contributed by atoms with Crippen LogP contribution in [0.1, 0.15) is 31.9 Å². The minimum Gasteiger partial charge on any atom is -0.472 e. The van der Waals surface area contributed by atoms with Crippen molar-refractivity contribution in [1.82, 2.24) is 4.90 Å². The van der Waals surface area contributed by atoms with E-state index in [4.69, 9.17) is 4.42 Å². The summed E-state index contributed by atoms with van der Waals surface area (Å²) in [5, 5.41) is 0. The molecule has 0 amide bonds. The second-order valence-corrected chi connectivity index (χ2v) is 4.12. The molecular weight excluding hydrogens is 162 g/mol. The van der Waals surface area contributed by atoms with Crippen molar-refractivity contribution in [3.05, 3.63) is 24.2 Å². The van der Waals surface area contributed by atoms with E-state index in [0.29, 0.717) is 6.04 Å². The first-order chi connectivity index (χ1) is 6.27. The highest BCUT2D eigenvalue weighted by Crippen LogP contribution is 2.26. The summed E-state index contributed by atoms with van der Waals surface area (Å²) >= 11 is 0. The lowest BCUT2D eigenvalue weighted by molar-refractivity contribution is 0.254. The Labute approximate surface area is 79.5 Å². The topological polar surface area (TPSA) is 16.4 Å². The summed E-state index contributed by atoms with van der Waals surface area (Å²) in [6.07, 6.45) is 4.95. The maximum Gasteiger partial charge on any atom is 0.0950 e. The highest BCUT2D eigenvalue weighted by Gasteiger charge is 2.24. The molecule has 2 heterocycles. The van der Waals surface area contributed by atoms with Gasteiger partial charge in [0.25, 0.3) is 0 Å². The number of rotatable bonds is 2. The molecule has 0 saturated carbocycles. The smallest absolute Gasteiger partial charge is 0.0950 e. The highest BCUT2D eigenvalue weighted by atomic mass is 16.3. The normalized spacial score (nSPS) is 26.5. The van der Waals surface area contributed by atoms with E-state index in [2.05, 4.69) is 24.8 Å². The molecule has 2 nitrogen and oxygen atoms in total. The van der Waals surface area contributed by atoms with E-state index in [1.807, 2.05) is 6.26 Å². The van der Waals surface area contributed by atoms with Crippen molar-refractivity contribution >= 4 is 0 Å². The van der Waals surface area contributed by atoms with Gasteiger partial charge < -0.3 is 4.42 Å². The summed E-state index contributed by atoms with van der Waals surface area (Å²) in [6, 6.07) is 2.58. The first-order valence-corrected chi connectivity index (χ1v) is 5.03. The van der Waals surface area contributed by atoms with Gasteiger partial charge in [0.15, 0.2) is 0 Å². The molecule has 0 radical (unpaired) electrons. The zero-order chi connectivity index (χ0) is 9.26. The van der Waals surface area contributed by atoms with Crippen molar-refractivity contribution in [3.63, 3.8) is 0 Å². The second kappa shape index (κ2) is 3.54. The zero-order valence-electron chi connectivity index (χ0n) is 8.36. The maximum absolute atomic E-state index is 5.10. The number of nitrogens with zero attached hydrogens (tertiary/aromatic N) is 1. The molecule has 2 rings (SSSR count). The third-order valence-corrected chi connectivity index (χ3v) is 3.03. The first kappa shape index (κ1) is 8.82. The summed E-state index contributed by atoms with van der Waals surface area (Å²) < 4.78 is 5.10. The van der Waals surface area contributed by atoms with Crippen molar-refractivity contribution < 1.29 is 4.42 Å². The lowest BCUT2D eigenvalue weighted by Crippen LogP contribution is -2.23. The molecule has 1 aromatic heterocycles. The van der Waals surface area contributed by atoms with Crippen molar-refractivity contribution in [2.45, 2.75) is 26.3 Å². The van der Waals surface area contributed by atoms with Crippen LogP contribution < -0.4 is 0 Å². The van der Waals surface area contributed by atoms with Gasteiger partial charge in [0.1, 0.15) is 0 Å². The van der Waals surface area contributed by atoms with Gasteiger partial charge in [-0.3, -0.25) is 4.90 Å². The van der Waals surface area contributed by atoms with Gasteiger partial charge in [-0.2, -0.15) is 0 Å². The van der Waals surface area contributed by atoms with E-state index in [1.54, 1.807) is 6.26 Å². The van der Waals surface area contributed by atoms with Crippen LogP contribution in [0.25, 0.3) is 0 Å². The van der Waals surface area contributed by atoms with Crippen molar-refractivity contribution in [2.75, 3.05) is 13.1 Å². The average molecular weight is 179 g/mol. The molecule has 2 atom stereocenters. The minimum atomic E-state index is 0.517. The van der Waals surface area contributed by atoms with Gasteiger partial charge in [-0.05, 0) is 31.9 Å². The Bertz CT molecular complexity index is 255. The van der Waals surface area contributed by atoms with Gasteiger partial charge in [0.05, 0.1) is 12.5 Å². The third kappa shape index (κ3) is 1.78. The summed E-state index contributed by atoms with van der Waals surface area (Å²) in [6.45, 7) is 7.03. The molecule has 0 bridgehead atoms. The number of hydrogen-bond donors (Lipinski definition) is 0. The standard InChI is InChI=1S/C11H17NO/c1-9-3-5-12(7-9)10(2)11-4-6-13-8-11/h4,6,8-10H,3,5,7H2,1-2H3. The van der Waals surface area contributed by atoms with Gasteiger partial charge in [0, 0.05) is 18.2 Å². The van der Waals surface area contributed by atoms with Crippen molar-refractivity contribution in [3.8, 4) is 0 Å². The SMILES string of the molecule is CC1CCN(C(C)c2ccoc2)C1. The van der Waals surface area contributed by atoms with Crippen LogP contribution in [0, 0.1) is 5.92 Å². The largest absolute Gasteiger partial charge is 0.472 e. The third-order valence-electron chi connectivity index (χ3n) is 3.03. The molecule has 1 aromatic rings. The molecule has 0 aliphatic carbocycles. The van der Waals surface area contributed by atoms with Crippen LogP contribution in [0.4, 0.5) is 0 Å². The van der Waals surface area contributed by atoms with Gasteiger partial charge >= 0.3 is 0 Å². The molecule has 1 fully saturated rings. The van der Waals surface area contributed by atoms with Crippen LogP contribution in [0.15, 0.2) is 23.0 Å². The minimum absolute atomic E-state index is 0.517. The molecule has 1 saturated heterocycles. The first-order valence-electron chi connectivity index (χ1n) is 5.03. The predicted octanol–water partition coefficient (Wildman–Crippen LogP) is 2.68. The Morgan fingerprint density at radius 2 is 2.46 bits per heavy atom. The molecule has 1 aliphatic rings. The average Bonchev–Trinajstić information content (AvgIpc) is 2.72. The second-order valence-electron chi connectivity index (χ2n) is 4.12. The number of likely N-dealkylation sites (tertiary alicyclic amines) is 1. The van der Waals surface area contributed by atoms with Crippen LogP contribution in [-0.4, -0.2) is 18.0 Å². The molecule has 0 N–H and O–H groups in total. The molecule has 0 spiro atoms. The van der Waals surface area contributed by atoms with Crippen LogP contribution in [-0.2, 0) is 0 Å². The number of furan rings is 1. The Morgan fingerprint density at radius 3 is 3.00 bits per heavy atom. The van der Waals surface area contributed by atoms with Crippen molar-refractivity contribution in [1.29, 1.82) is 0 Å². The van der Waals surface area contributed by atoms with E-state index in [9.17, 15) is 0 Å². The zero-order valence-corrected chi connectivity index (χ0v) is 8.36. The van der Waals surface area contributed by atoms with E-state index < -0.39 is 0 Å². The quantitative estimate of drug-likeness (QED) is 0.694. The maximum atomic E-state index is 5.10. The fourth-order valence-corrected chi connectivity index (χ4v) is 2.04. The summed E-state index contributed by atoms with van der Waals surface area (Å²) in [7, 11) is 0. The fourth-order valence-electron chi connectivity index (χ4n) is 2.04. The summed E-state index contributed by atoms with van der Waals surface area (Å²) in [5.41, 5.74) is 1.30. The lowest BCUT2D eigenvalue weighted by Gasteiger charge is -2.22. The van der Waals surface area contributed by atoms with Crippen LogP contribution in [0.3, 0.4) is 0 Å². The van der Waals surface area contributed by atoms with Crippen LogP contribution >= 0.6 is 0 Å². The molecule has 2 unspecified atom stereocenters. The van der Waals surface area contributed by atoms with Crippen molar-refractivity contribution in [2.24, 2.45) is 5.92 Å². The van der Waals surface area contributed by atoms with Crippen LogP contribution in [0.2, 0.25) is 0 Å². The Hall–Kier alpha value is -0.760. The fraction of sp³-hybridized carbons (Fsp3) is 0.636. The molecular formula is C11H17NO. The van der Waals surface area contributed by atoms with E-state index in [1.165, 1.54) is 25.1 Å². The Morgan fingerprint density at radius 1 is 1.62 bits per heavy atom. The molecule has 13 heavy (non-hydrogen) atoms. The lowest BCUT2D eigenvalue weighted by atomic mass is 10.1. The van der Waals surface area contributed by atoms with E-state index in [-0.39, 0.29) is 0 Å². The van der Waals surface area contributed by atoms with Gasteiger partial charge in [-0.15, -0.1) is 0 Å². The molecule has 2 heteroatoms. The molecule has 72 valence electrons. The van der Waals surface area contributed by atoms with Gasteiger partial charge in [0.2, 0.25) is 0 Å². The van der Waals surface area contributed by atoms with Gasteiger partial charge in [-0.25, -0.2) is 0 Å². The van der Waals surface area contributed by atoms with Crippen LogP contribution in [0.5, 0.6) is 0 Å². The molecule has 0 aromatic carbocycles. The van der Waals surface area contributed by atoms with E-state index in [0.717, 1.165) is 5.92 Å². The van der Waals surface area contributed by atoms with Gasteiger partial charge in [-0.1, -0.05) is 6.92 Å².